The Kier molecular flexibility index (Phi) is 3.55. The van der Waals surface area contributed by atoms with Crippen LogP contribution in [-0.4, -0.2) is 28.0 Å². The molecule has 0 fully saturated rings. The third kappa shape index (κ3) is 2.76. The van der Waals surface area contributed by atoms with Gasteiger partial charge in [-0.1, -0.05) is 6.07 Å². The fourth-order valence-electron chi connectivity index (χ4n) is 2.02. The normalized spacial score (nSPS) is 10.5. The standard InChI is InChI=1S/C14H16N2O3/c1-9-6-10(2)16(15-9)8-11-4-5-12(14(17)18)13(7-11)19-3/h4-7H,8H2,1-3H3,(H,17,18). The van der Waals surface area contributed by atoms with Crippen molar-refractivity contribution in [3.05, 3.63) is 46.8 Å². The number of methoxy groups -OCH3 is 1. The second-order valence-corrected chi connectivity index (χ2v) is 4.42. The van der Waals surface area contributed by atoms with Crippen LogP contribution in [-0.2, 0) is 6.54 Å². The summed E-state index contributed by atoms with van der Waals surface area (Å²) in [4.78, 5) is 11.0. The molecule has 2 aromatic rings. The highest BCUT2D eigenvalue weighted by atomic mass is 16.5. The van der Waals surface area contributed by atoms with Crippen LogP contribution < -0.4 is 4.74 Å². The SMILES string of the molecule is COc1cc(Cn2nc(C)cc2C)ccc1C(=O)O. The summed E-state index contributed by atoms with van der Waals surface area (Å²) >= 11 is 0. The molecular formula is C14H16N2O3. The van der Waals surface area contributed by atoms with E-state index in [0.29, 0.717) is 12.3 Å². The van der Waals surface area contributed by atoms with E-state index in [0.717, 1.165) is 17.0 Å². The minimum Gasteiger partial charge on any atom is -0.496 e. The van der Waals surface area contributed by atoms with E-state index in [-0.39, 0.29) is 5.56 Å². The number of nitrogens with zero attached hydrogens (tertiary/aromatic N) is 2. The molecule has 5 heteroatoms. The summed E-state index contributed by atoms with van der Waals surface area (Å²) in [6, 6.07) is 7.08. The third-order valence-electron chi connectivity index (χ3n) is 2.93. The average molecular weight is 260 g/mol. The topological polar surface area (TPSA) is 64.4 Å². The van der Waals surface area contributed by atoms with Crippen LogP contribution in [0.2, 0.25) is 0 Å². The number of carbonyl (C=O) groups is 1. The number of hydrogen-bond acceptors (Lipinski definition) is 3. The van der Waals surface area contributed by atoms with E-state index in [2.05, 4.69) is 5.10 Å². The molecule has 100 valence electrons. The van der Waals surface area contributed by atoms with Crippen molar-refractivity contribution in [1.29, 1.82) is 0 Å². The second-order valence-electron chi connectivity index (χ2n) is 4.42. The van der Waals surface area contributed by atoms with Crippen LogP contribution in [0, 0.1) is 13.8 Å². The number of aromatic nitrogens is 2. The summed E-state index contributed by atoms with van der Waals surface area (Å²) in [5.41, 5.74) is 3.15. The van der Waals surface area contributed by atoms with E-state index in [9.17, 15) is 4.79 Å². The van der Waals surface area contributed by atoms with Gasteiger partial charge in [0.05, 0.1) is 19.3 Å². The molecular weight excluding hydrogens is 244 g/mol. The van der Waals surface area contributed by atoms with Gasteiger partial charge in [-0.3, -0.25) is 4.68 Å². The lowest BCUT2D eigenvalue weighted by molar-refractivity contribution is 0.0693. The van der Waals surface area contributed by atoms with Crippen molar-refractivity contribution in [3.63, 3.8) is 0 Å². The monoisotopic (exact) mass is 260 g/mol. The molecule has 0 aliphatic rings. The maximum absolute atomic E-state index is 11.0. The molecule has 0 spiro atoms. The van der Waals surface area contributed by atoms with Crippen LogP contribution >= 0.6 is 0 Å². The lowest BCUT2D eigenvalue weighted by Crippen LogP contribution is -2.06. The molecule has 5 nitrogen and oxygen atoms in total. The van der Waals surface area contributed by atoms with Crippen molar-refractivity contribution in [2.75, 3.05) is 7.11 Å². The van der Waals surface area contributed by atoms with E-state index in [1.807, 2.05) is 24.6 Å². The van der Waals surface area contributed by atoms with Crippen LogP contribution in [0.25, 0.3) is 0 Å². The summed E-state index contributed by atoms with van der Waals surface area (Å²) < 4.78 is 6.99. The Balaban J connectivity index is 2.31. The summed E-state index contributed by atoms with van der Waals surface area (Å²) in [5, 5.41) is 13.4. The van der Waals surface area contributed by atoms with Gasteiger partial charge in [0.1, 0.15) is 11.3 Å². The van der Waals surface area contributed by atoms with Gasteiger partial charge < -0.3 is 9.84 Å². The highest BCUT2D eigenvalue weighted by molar-refractivity contribution is 5.90. The van der Waals surface area contributed by atoms with Crippen molar-refractivity contribution >= 4 is 5.97 Å². The molecule has 0 unspecified atom stereocenters. The van der Waals surface area contributed by atoms with Crippen molar-refractivity contribution < 1.29 is 14.6 Å². The predicted molar refractivity (Wildman–Crippen MR) is 70.8 cm³/mol. The van der Waals surface area contributed by atoms with Gasteiger partial charge in [0.15, 0.2) is 0 Å². The molecule has 1 aromatic heterocycles. The number of hydrogen-bond donors (Lipinski definition) is 1. The minimum atomic E-state index is -0.991. The number of carboxylic acids is 1. The minimum absolute atomic E-state index is 0.166. The van der Waals surface area contributed by atoms with Crippen LogP contribution in [0.4, 0.5) is 0 Å². The first-order valence-electron chi connectivity index (χ1n) is 5.92. The van der Waals surface area contributed by atoms with Crippen molar-refractivity contribution in [2.24, 2.45) is 0 Å². The molecule has 0 aliphatic heterocycles. The lowest BCUT2D eigenvalue weighted by atomic mass is 10.1. The van der Waals surface area contributed by atoms with Crippen LogP contribution in [0.15, 0.2) is 24.3 Å². The highest BCUT2D eigenvalue weighted by Crippen LogP contribution is 2.21. The fraction of sp³-hybridized carbons (Fsp3) is 0.286. The summed E-state index contributed by atoms with van der Waals surface area (Å²) in [6.45, 7) is 4.52. The number of carboxylic acid groups (broad SMARTS) is 1. The Morgan fingerprint density at radius 3 is 2.63 bits per heavy atom. The van der Waals surface area contributed by atoms with E-state index in [1.165, 1.54) is 7.11 Å². The van der Waals surface area contributed by atoms with Gasteiger partial charge >= 0.3 is 5.97 Å². The van der Waals surface area contributed by atoms with Gasteiger partial charge in [-0.15, -0.1) is 0 Å². The Bertz CT molecular complexity index is 617. The van der Waals surface area contributed by atoms with Gasteiger partial charge in [-0.25, -0.2) is 4.79 Å². The third-order valence-corrected chi connectivity index (χ3v) is 2.93. The van der Waals surface area contributed by atoms with E-state index in [4.69, 9.17) is 9.84 Å². The lowest BCUT2D eigenvalue weighted by Gasteiger charge is -2.09. The number of aryl methyl sites for hydroxylation is 2. The van der Waals surface area contributed by atoms with Gasteiger partial charge in [-0.2, -0.15) is 5.10 Å². The van der Waals surface area contributed by atoms with Crippen molar-refractivity contribution in [3.8, 4) is 5.75 Å². The highest BCUT2D eigenvalue weighted by Gasteiger charge is 2.12. The molecule has 1 aromatic carbocycles. The molecule has 1 heterocycles. The van der Waals surface area contributed by atoms with E-state index in [1.54, 1.807) is 18.2 Å². The average Bonchev–Trinajstić information content (AvgIpc) is 2.67. The van der Waals surface area contributed by atoms with Gasteiger partial charge in [0, 0.05) is 5.69 Å². The number of rotatable bonds is 4. The Morgan fingerprint density at radius 2 is 2.11 bits per heavy atom. The summed E-state index contributed by atoms with van der Waals surface area (Å²) in [5.74, 6) is -0.624. The van der Waals surface area contributed by atoms with Crippen molar-refractivity contribution in [2.45, 2.75) is 20.4 Å². The second kappa shape index (κ2) is 5.14. The zero-order valence-electron chi connectivity index (χ0n) is 11.2. The van der Waals surface area contributed by atoms with Gasteiger partial charge in [0.25, 0.3) is 0 Å². The summed E-state index contributed by atoms with van der Waals surface area (Å²) in [6.07, 6.45) is 0. The van der Waals surface area contributed by atoms with E-state index >= 15 is 0 Å². The molecule has 0 saturated carbocycles. The first kappa shape index (κ1) is 13.1. The predicted octanol–water partition coefficient (Wildman–Crippen LogP) is 2.26. The largest absolute Gasteiger partial charge is 0.496 e. The van der Waals surface area contributed by atoms with Gasteiger partial charge in [0.2, 0.25) is 0 Å². The fourth-order valence-corrected chi connectivity index (χ4v) is 2.02. The molecule has 0 aliphatic carbocycles. The molecule has 1 N–H and O–H groups in total. The Morgan fingerprint density at radius 1 is 1.37 bits per heavy atom. The molecule has 0 radical (unpaired) electrons. The summed E-state index contributed by atoms with van der Waals surface area (Å²) in [7, 11) is 1.47. The first-order valence-corrected chi connectivity index (χ1v) is 5.92. The molecule has 0 amide bonds. The molecule has 0 saturated heterocycles. The first-order chi connectivity index (χ1) is 9.01. The molecule has 0 atom stereocenters. The number of aromatic carboxylic acids is 1. The van der Waals surface area contributed by atoms with Crippen LogP contribution in [0.1, 0.15) is 27.3 Å². The van der Waals surface area contributed by atoms with Crippen LogP contribution in [0.3, 0.4) is 0 Å². The van der Waals surface area contributed by atoms with E-state index < -0.39 is 5.97 Å². The maximum Gasteiger partial charge on any atom is 0.339 e. The van der Waals surface area contributed by atoms with Gasteiger partial charge in [-0.05, 0) is 37.6 Å². The molecule has 0 bridgehead atoms. The Hall–Kier alpha value is -2.30. The van der Waals surface area contributed by atoms with Crippen molar-refractivity contribution in [1.82, 2.24) is 9.78 Å². The maximum atomic E-state index is 11.0. The number of ether oxygens (including phenoxy) is 1. The smallest absolute Gasteiger partial charge is 0.339 e. The quantitative estimate of drug-likeness (QED) is 0.915. The zero-order chi connectivity index (χ0) is 14.0. The number of benzene rings is 1. The van der Waals surface area contributed by atoms with Crippen LogP contribution in [0.5, 0.6) is 5.75 Å². The molecule has 2 rings (SSSR count). The Labute approximate surface area is 111 Å². The zero-order valence-corrected chi connectivity index (χ0v) is 11.2. The molecule has 19 heavy (non-hydrogen) atoms.